The van der Waals surface area contributed by atoms with Gasteiger partial charge in [-0.2, -0.15) is 9.57 Å². The fourth-order valence-corrected chi connectivity index (χ4v) is 4.81. The molecule has 1 aromatic carbocycles. The molecule has 24 heavy (non-hydrogen) atoms. The second-order valence-electron chi connectivity index (χ2n) is 5.57. The highest BCUT2D eigenvalue weighted by Crippen LogP contribution is 2.30. The molecule has 0 saturated carbocycles. The highest BCUT2D eigenvalue weighted by Gasteiger charge is 2.33. The lowest BCUT2D eigenvalue weighted by Gasteiger charge is -2.33. The summed E-state index contributed by atoms with van der Waals surface area (Å²) in [5, 5.41) is 12.2. The monoisotopic (exact) mass is 373 g/mol. The second kappa shape index (κ2) is 9.23. The van der Waals surface area contributed by atoms with Gasteiger partial charge in [-0.1, -0.05) is 6.92 Å². The van der Waals surface area contributed by atoms with Gasteiger partial charge in [-0.25, -0.2) is 8.42 Å². The number of benzene rings is 1. The summed E-state index contributed by atoms with van der Waals surface area (Å²) in [6, 6.07) is 6.46. The highest BCUT2D eigenvalue weighted by atomic mass is 35.5. The molecule has 8 heteroatoms. The normalized spacial score (nSPS) is 15.6. The van der Waals surface area contributed by atoms with Crippen LogP contribution in [0.3, 0.4) is 0 Å². The van der Waals surface area contributed by atoms with E-state index in [0.717, 1.165) is 32.4 Å². The Labute approximate surface area is 150 Å². The van der Waals surface area contributed by atoms with Crippen molar-refractivity contribution in [3.8, 4) is 11.8 Å². The van der Waals surface area contributed by atoms with Crippen LogP contribution in [0.1, 0.15) is 31.7 Å². The molecule has 0 radical (unpaired) electrons. The molecule has 0 atom stereocenters. The maximum atomic E-state index is 13.1. The van der Waals surface area contributed by atoms with Crippen molar-refractivity contribution < 1.29 is 13.2 Å². The number of sulfonamides is 1. The Kier molecular flexibility index (Phi) is 7.97. The van der Waals surface area contributed by atoms with E-state index in [2.05, 4.69) is 5.32 Å². The van der Waals surface area contributed by atoms with E-state index in [9.17, 15) is 8.42 Å². The van der Waals surface area contributed by atoms with Gasteiger partial charge in [0.05, 0.1) is 18.7 Å². The number of halogens is 1. The topological polar surface area (TPSA) is 82.4 Å². The smallest absolute Gasteiger partial charge is 0.247 e. The standard InChI is InChI=1S/C16H23N3O3S.ClH/c1-3-10-19(14-6-8-18-9-7-14)23(20,21)16-5-4-13(12-17)11-15(16)22-2;/h4-5,11,14,18H,3,6-10H2,1-2H3;1H. The molecule has 6 nitrogen and oxygen atoms in total. The zero-order valence-corrected chi connectivity index (χ0v) is 15.6. The first-order valence-corrected chi connectivity index (χ1v) is 9.29. The third-order valence-corrected chi connectivity index (χ3v) is 6.03. The molecule has 1 heterocycles. The highest BCUT2D eigenvalue weighted by molar-refractivity contribution is 7.89. The van der Waals surface area contributed by atoms with Gasteiger partial charge in [-0.3, -0.25) is 0 Å². The van der Waals surface area contributed by atoms with Crippen LogP contribution in [0.5, 0.6) is 5.75 Å². The number of hydrogen-bond acceptors (Lipinski definition) is 5. The van der Waals surface area contributed by atoms with Crippen LogP contribution >= 0.6 is 12.4 Å². The van der Waals surface area contributed by atoms with E-state index < -0.39 is 10.0 Å². The summed E-state index contributed by atoms with van der Waals surface area (Å²) in [4.78, 5) is 0.131. The van der Waals surface area contributed by atoms with E-state index >= 15 is 0 Å². The minimum absolute atomic E-state index is 0. The Morgan fingerprint density at radius 1 is 1.38 bits per heavy atom. The van der Waals surface area contributed by atoms with Gasteiger partial charge in [0.25, 0.3) is 0 Å². The molecule has 1 aliphatic rings. The van der Waals surface area contributed by atoms with Gasteiger partial charge < -0.3 is 10.1 Å². The zero-order valence-electron chi connectivity index (χ0n) is 14.0. The van der Waals surface area contributed by atoms with Gasteiger partial charge >= 0.3 is 0 Å². The Bertz CT molecular complexity index is 682. The number of piperidine rings is 1. The van der Waals surface area contributed by atoms with Gasteiger partial charge in [0.15, 0.2) is 0 Å². The van der Waals surface area contributed by atoms with Crippen molar-refractivity contribution in [3.63, 3.8) is 0 Å². The summed E-state index contributed by atoms with van der Waals surface area (Å²) < 4.78 is 33.1. The van der Waals surface area contributed by atoms with Crippen LogP contribution in [0.2, 0.25) is 0 Å². The fraction of sp³-hybridized carbons (Fsp3) is 0.562. The molecule has 0 bridgehead atoms. The zero-order chi connectivity index (χ0) is 16.9. The number of rotatable bonds is 6. The quantitative estimate of drug-likeness (QED) is 0.826. The lowest BCUT2D eigenvalue weighted by atomic mass is 10.1. The Morgan fingerprint density at radius 2 is 2.04 bits per heavy atom. The largest absolute Gasteiger partial charge is 0.495 e. The second-order valence-corrected chi connectivity index (χ2v) is 7.43. The molecule has 1 aromatic rings. The fourth-order valence-electron chi connectivity index (χ4n) is 2.89. The molecule has 0 unspecified atom stereocenters. The lowest BCUT2D eigenvalue weighted by Crippen LogP contribution is -2.46. The van der Waals surface area contributed by atoms with Crippen LogP contribution in [0.4, 0.5) is 0 Å². The van der Waals surface area contributed by atoms with Crippen LogP contribution in [0, 0.1) is 11.3 Å². The lowest BCUT2D eigenvalue weighted by molar-refractivity contribution is 0.261. The first-order valence-electron chi connectivity index (χ1n) is 7.85. The Balaban J connectivity index is 0.00000288. The molecule has 1 N–H and O–H groups in total. The maximum Gasteiger partial charge on any atom is 0.247 e. The van der Waals surface area contributed by atoms with E-state index in [-0.39, 0.29) is 29.1 Å². The Hall–Kier alpha value is -1.33. The van der Waals surface area contributed by atoms with Crippen LogP contribution in [-0.4, -0.2) is 45.5 Å². The Morgan fingerprint density at radius 3 is 2.58 bits per heavy atom. The third-order valence-electron chi connectivity index (χ3n) is 4.04. The SMILES string of the molecule is CCCN(C1CCNCC1)S(=O)(=O)c1ccc(C#N)cc1OC.Cl. The molecular weight excluding hydrogens is 350 g/mol. The van der Waals surface area contributed by atoms with Crippen LogP contribution in [-0.2, 0) is 10.0 Å². The van der Waals surface area contributed by atoms with E-state index in [1.807, 2.05) is 13.0 Å². The first kappa shape index (κ1) is 20.7. The summed E-state index contributed by atoms with van der Waals surface area (Å²) in [5.74, 6) is 0.221. The van der Waals surface area contributed by atoms with Crippen molar-refractivity contribution in [2.24, 2.45) is 0 Å². The van der Waals surface area contributed by atoms with Gasteiger partial charge in [0.1, 0.15) is 10.6 Å². The number of ether oxygens (including phenoxy) is 1. The number of hydrogen-bond donors (Lipinski definition) is 1. The summed E-state index contributed by atoms with van der Waals surface area (Å²) in [5.41, 5.74) is 0.379. The van der Waals surface area contributed by atoms with E-state index in [4.69, 9.17) is 10.00 Å². The first-order chi connectivity index (χ1) is 11.0. The van der Waals surface area contributed by atoms with Crippen LogP contribution < -0.4 is 10.1 Å². The summed E-state index contributed by atoms with van der Waals surface area (Å²) in [6.07, 6.45) is 2.36. The van der Waals surface area contributed by atoms with Gasteiger partial charge in [-0.15, -0.1) is 12.4 Å². The number of nitriles is 1. The number of nitrogens with one attached hydrogen (secondary N) is 1. The summed E-state index contributed by atoms with van der Waals surface area (Å²) in [7, 11) is -2.24. The molecule has 0 aliphatic carbocycles. The van der Waals surface area contributed by atoms with Crippen molar-refractivity contribution in [3.05, 3.63) is 23.8 Å². The molecule has 0 spiro atoms. The molecule has 0 amide bonds. The third kappa shape index (κ3) is 4.39. The van der Waals surface area contributed by atoms with Crippen molar-refractivity contribution in [1.29, 1.82) is 5.26 Å². The minimum atomic E-state index is -3.66. The van der Waals surface area contributed by atoms with Crippen molar-refractivity contribution >= 4 is 22.4 Å². The minimum Gasteiger partial charge on any atom is -0.495 e. The van der Waals surface area contributed by atoms with E-state index in [1.165, 1.54) is 25.3 Å². The van der Waals surface area contributed by atoms with E-state index in [1.54, 1.807) is 4.31 Å². The molecule has 1 aliphatic heterocycles. The number of methoxy groups -OCH3 is 1. The van der Waals surface area contributed by atoms with Crippen LogP contribution in [0.25, 0.3) is 0 Å². The molecular formula is C16H24ClN3O3S. The van der Waals surface area contributed by atoms with Gasteiger partial charge in [0.2, 0.25) is 10.0 Å². The van der Waals surface area contributed by atoms with E-state index in [0.29, 0.717) is 12.1 Å². The maximum absolute atomic E-state index is 13.1. The van der Waals surface area contributed by atoms with Gasteiger partial charge in [-0.05, 0) is 50.6 Å². The average molecular weight is 374 g/mol. The summed E-state index contributed by atoms with van der Waals surface area (Å²) in [6.45, 7) is 4.10. The molecule has 1 saturated heterocycles. The molecule has 134 valence electrons. The van der Waals surface area contributed by atoms with Crippen molar-refractivity contribution in [2.75, 3.05) is 26.7 Å². The molecule has 1 fully saturated rings. The van der Waals surface area contributed by atoms with Crippen LogP contribution in [0.15, 0.2) is 23.1 Å². The van der Waals surface area contributed by atoms with Gasteiger partial charge in [0, 0.05) is 12.6 Å². The molecule has 2 rings (SSSR count). The number of nitrogens with zero attached hydrogens (tertiary/aromatic N) is 2. The molecule has 0 aromatic heterocycles. The van der Waals surface area contributed by atoms with Crippen molar-refractivity contribution in [2.45, 2.75) is 37.1 Å². The predicted molar refractivity (Wildman–Crippen MR) is 95.0 cm³/mol. The average Bonchev–Trinajstić information content (AvgIpc) is 2.59. The summed E-state index contributed by atoms with van der Waals surface area (Å²) >= 11 is 0. The van der Waals surface area contributed by atoms with Crippen molar-refractivity contribution in [1.82, 2.24) is 9.62 Å². The predicted octanol–water partition coefficient (Wildman–Crippen LogP) is 2.14.